The fourth-order valence-corrected chi connectivity index (χ4v) is 2.18. The molecule has 0 atom stereocenters. The van der Waals surface area contributed by atoms with Gasteiger partial charge in [0.1, 0.15) is 6.61 Å². The number of aromatic amines is 1. The molecule has 7 heteroatoms. The maximum absolute atomic E-state index is 9.14. The van der Waals surface area contributed by atoms with Gasteiger partial charge in [-0.25, -0.2) is 0 Å². The largest absolute Gasteiger partial charge is 0.388 e. The Morgan fingerprint density at radius 3 is 2.56 bits per heavy atom. The molecule has 0 radical (unpaired) electrons. The number of halogens is 2. The van der Waals surface area contributed by atoms with Crippen LogP contribution in [0.15, 0.2) is 18.2 Å². The predicted octanol–water partition coefficient (Wildman–Crippen LogP) is 2.73. The van der Waals surface area contributed by atoms with Crippen LogP contribution in [-0.2, 0) is 6.61 Å². The number of nitrogens with one attached hydrogen (secondary N) is 1. The molecule has 16 heavy (non-hydrogen) atoms. The Balaban J connectivity index is 2.76. The summed E-state index contributed by atoms with van der Waals surface area (Å²) in [4.78, 5) is 0. The van der Waals surface area contributed by atoms with Gasteiger partial charge >= 0.3 is 0 Å². The molecule has 1 heterocycles. The molecular weight excluding hydrogens is 269 g/mol. The number of nitrogens with zero attached hydrogens (tertiary/aromatic N) is 2. The Hall–Kier alpha value is -0.880. The average molecular weight is 276 g/mol. The van der Waals surface area contributed by atoms with Crippen molar-refractivity contribution in [2.45, 2.75) is 6.61 Å². The molecule has 0 amide bonds. The predicted molar refractivity (Wildman–Crippen MR) is 64.7 cm³/mol. The number of rotatable bonds is 2. The number of benzene rings is 1. The van der Waals surface area contributed by atoms with Crippen LogP contribution in [0.4, 0.5) is 0 Å². The normalized spacial score (nSPS) is 10.7. The Morgan fingerprint density at radius 2 is 2.00 bits per heavy atom. The third-order valence-corrected chi connectivity index (χ3v) is 2.93. The van der Waals surface area contributed by atoms with E-state index in [9.17, 15) is 0 Å². The van der Waals surface area contributed by atoms with Gasteiger partial charge in [-0.15, -0.1) is 0 Å². The van der Waals surface area contributed by atoms with Gasteiger partial charge in [-0.3, -0.25) is 9.67 Å². The topological polar surface area (TPSA) is 53.8 Å². The molecule has 2 N–H and O–H groups in total. The first kappa shape index (κ1) is 11.6. The van der Waals surface area contributed by atoms with Gasteiger partial charge in [-0.1, -0.05) is 29.3 Å². The molecule has 0 unspecified atom stereocenters. The molecule has 0 bridgehead atoms. The lowest BCUT2D eigenvalue weighted by molar-refractivity contribution is 0.269. The minimum atomic E-state index is -0.255. The molecule has 0 spiro atoms. The monoisotopic (exact) mass is 275 g/mol. The van der Waals surface area contributed by atoms with E-state index >= 15 is 0 Å². The van der Waals surface area contributed by atoms with E-state index in [1.165, 1.54) is 4.57 Å². The van der Waals surface area contributed by atoms with Gasteiger partial charge in [-0.05, 0) is 24.4 Å². The Morgan fingerprint density at radius 1 is 1.38 bits per heavy atom. The van der Waals surface area contributed by atoms with Crippen molar-refractivity contribution in [3.63, 3.8) is 0 Å². The summed E-state index contributed by atoms with van der Waals surface area (Å²) in [7, 11) is 0. The highest BCUT2D eigenvalue weighted by Gasteiger charge is 2.13. The quantitative estimate of drug-likeness (QED) is 0.829. The molecule has 1 aromatic carbocycles. The van der Waals surface area contributed by atoms with E-state index in [-0.39, 0.29) is 6.61 Å². The smallest absolute Gasteiger partial charge is 0.200 e. The van der Waals surface area contributed by atoms with Crippen LogP contribution in [0, 0.1) is 4.77 Å². The SMILES string of the molecule is OCc1n[nH]c(=S)n1-c1c(Cl)cccc1Cl. The molecule has 0 fully saturated rings. The molecule has 1 aromatic heterocycles. The number of hydrogen-bond donors (Lipinski definition) is 2. The summed E-state index contributed by atoms with van der Waals surface area (Å²) in [5, 5.41) is 16.5. The molecule has 2 aromatic rings. The number of aliphatic hydroxyl groups is 1. The zero-order valence-electron chi connectivity index (χ0n) is 7.94. The van der Waals surface area contributed by atoms with Crippen LogP contribution in [0.3, 0.4) is 0 Å². The highest BCUT2D eigenvalue weighted by molar-refractivity contribution is 7.71. The average Bonchev–Trinajstić information content (AvgIpc) is 2.60. The van der Waals surface area contributed by atoms with Crippen molar-refractivity contribution in [1.82, 2.24) is 14.8 Å². The first-order valence-corrected chi connectivity index (χ1v) is 5.53. The minimum absolute atomic E-state index is 0.255. The highest BCUT2D eigenvalue weighted by atomic mass is 35.5. The third kappa shape index (κ3) is 1.87. The Kier molecular flexibility index (Phi) is 3.30. The van der Waals surface area contributed by atoms with Gasteiger partial charge in [0.15, 0.2) is 10.6 Å². The fourth-order valence-electron chi connectivity index (χ4n) is 1.37. The molecule has 0 aliphatic heterocycles. The number of H-pyrrole nitrogens is 1. The third-order valence-electron chi connectivity index (χ3n) is 2.04. The second-order valence-corrected chi connectivity index (χ2v) is 4.21. The minimum Gasteiger partial charge on any atom is -0.388 e. The lowest BCUT2D eigenvalue weighted by atomic mass is 10.3. The maximum atomic E-state index is 9.14. The van der Waals surface area contributed by atoms with Crippen molar-refractivity contribution < 1.29 is 5.11 Å². The summed E-state index contributed by atoms with van der Waals surface area (Å²) in [6.45, 7) is -0.255. The number of aliphatic hydroxyl groups excluding tert-OH is 1. The Labute approximate surface area is 106 Å². The van der Waals surface area contributed by atoms with Crippen LogP contribution in [0.2, 0.25) is 10.0 Å². The van der Waals surface area contributed by atoms with Gasteiger partial charge in [0.05, 0.1) is 15.7 Å². The van der Waals surface area contributed by atoms with Crippen LogP contribution < -0.4 is 0 Å². The van der Waals surface area contributed by atoms with E-state index in [0.717, 1.165) is 0 Å². The molecule has 0 saturated carbocycles. The van der Waals surface area contributed by atoms with Gasteiger partial charge in [0, 0.05) is 0 Å². The van der Waals surface area contributed by atoms with E-state index in [1.807, 2.05) is 0 Å². The van der Waals surface area contributed by atoms with E-state index in [1.54, 1.807) is 18.2 Å². The first-order chi connectivity index (χ1) is 7.65. The second kappa shape index (κ2) is 4.55. The highest BCUT2D eigenvalue weighted by Crippen LogP contribution is 2.29. The van der Waals surface area contributed by atoms with Crippen molar-refractivity contribution in [2.24, 2.45) is 0 Å². The zero-order valence-corrected chi connectivity index (χ0v) is 10.3. The summed E-state index contributed by atoms with van der Waals surface area (Å²) in [5.74, 6) is 0.361. The molecule has 84 valence electrons. The van der Waals surface area contributed by atoms with Crippen molar-refractivity contribution in [3.8, 4) is 5.69 Å². The summed E-state index contributed by atoms with van der Waals surface area (Å²) in [6.07, 6.45) is 0. The van der Waals surface area contributed by atoms with Crippen LogP contribution >= 0.6 is 35.4 Å². The van der Waals surface area contributed by atoms with Gasteiger partial charge in [0.2, 0.25) is 0 Å². The van der Waals surface area contributed by atoms with E-state index in [2.05, 4.69) is 10.2 Å². The molecule has 0 aliphatic carbocycles. The lowest BCUT2D eigenvalue weighted by Gasteiger charge is -2.09. The fraction of sp³-hybridized carbons (Fsp3) is 0.111. The first-order valence-electron chi connectivity index (χ1n) is 4.36. The van der Waals surface area contributed by atoms with E-state index in [4.69, 9.17) is 40.5 Å². The van der Waals surface area contributed by atoms with Gasteiger partial charge < -0.3 is 5.11 Å². The van der Waals surface area contributed by atoms with Crippen LogP contribution in [0.5, 0.6) is 0 Å². The number of aromatic nitrogens is 3. The molecule has 2 rings (SSSR count). The Bertz CT molecular complexity index is 558. The molecule has 0 saturated heterocycles. The summed E-state index contributed by atoms with van der Waals surface area (Å²) in [5.41, 5.74) is 0.522. The van der Waals surface area contributed by atoms with Crippen LogP contribution in [-0.4, -0.2) is 19.9 Å². The van der Waals surface area contributed by atoms with E-state index in [0.29, 0.717) is 26.3 Å². The maximum Gasteiger partial charge on any atom is 0.200 e. The standard InChI is InChI=1S/C9H7Cl2N3OS/c10-5-2-1-3-6(11)8(5)14-7(4-15)12-13-9(14)16/h1-3,15H,4H2,(H,13,16). The molecule has 0 aliphatic rings. The van der Waals surface area contributed by atoms with Crippen LogP contribution in [0.25, 0.3) is 5.69 Å². The van der Waals surface area contributed by atoms with Crippen molar-refractivity contribution >= 4 is 35.4 Å². The molecular formula is C9H7Cl2N3OS. The van der Waals surface area contributed by atoms with Gasteiger partial charge in [-0.2, -0.15) is 5.10 Å². The van der Waals surface area contributed by atoms with Crippen molar-refractivity contribution in [1.29, 1.82) is 0 Å². The summed E-state index contributed by atoms with van der Waals surface area (Å²) < 4.78 is 1.85. The van der Waals surface area contributed by atoms with Gasteiger partial charge in [0.25, 0.3) is 0 Å². The van der Waals surface area contributed by atoms with Crippen molar-refractivity contribution in [3.05, 3.63) is 38.8 Å². The summed E-state index contributed by atoms with van der Waals surface area (Å²) >= 11 is 17.2. The molecule has 4 nitrogen and oxygen atoms in total. The van der Waals surface area contributed by atoms with E-state index < -0.39 is 0 Å². The second-order valence-electron chi connectivity index (χ2n) is 3.01. The number of hydrogen-bond acceptors (Lipinski definition) is 3. The van der Waals surface area contributed by atoms with Crippen LogP contribution in [0.1, 0.15) is 5.82 Å². The zero-order chi connectivity index (χ0) is 11.7. The van der Waals surface area contributed by atoms with Crippen molar-refractivity contribution in [2.75, 3.05) is 0 Å². The number of para-hydroxylation sites is 1. The summed E-state index contributed by atoms with van der Waals surface area (Å²) in [6, 6.07) is 5.12. The lowest BCUT2D eigenvalue weighted by Crippen LogP contribution is -2.02.